The summed E-state index contributed by atoms with van der Waals surface area (Å²) in [7, 11) is -3.85. The van der Waals surface area contributed by atoms with Crippen LogP contribution >= 0.6 is 11.8 Å². The molecule has 4 aliphatic rings. The molecule has 0 saturated carbocycles. The van der Waals surface area contributed by atoms with E-state index in [1.807, 2.05) is 0 Å². The lowest BCUT2D eigenvalue weighted by Gasteiger charge is -2.43. The molecule has 4 fully saturated rings. The van der Waals surface area contributed by atoms with Crippen molar-refractivity contribution in [1.29, 1.82) is 0 Å². The Labute approximate surface area is 245 Å². The van der Waals surface area contributed by atoms with Gasteiger partial charge in [-0.25, -0.2) is 18.0 Å². The van der Waals surface area contributed by atoms with Crippen LogP contribution in [-0.4, -0.2) is 104 Å². The summed E-state index contributed by atoms with van der Waals surface area (Å²) >= 11 is 1.22. The highest BCUT2D eigenvalue weighted by molar-refractivity contribution is 8.01. The molecule has 3 amide bonds. The van der Waals surface area contributed by atoms with E-state index >= 15 is 0 Å². The molecule has 14 nitrogen and oxygen atoms in total. The Bertz CT molecular complexity index is 1490. The van der Waals surface area contributed by atoms with Gasteiger partial charge in [0.15, 0.2) is 15.8 Å². The van der Waals surface area contributed by atoms with E-state index in [9.17, 15) is 42.3 Å². The molecule has 6 atom stereocenters. The summed E-state index contributed by atoms with van der Waals surface area (Å²) in [5.74, 6) is -6.94. The highest BCUT2D eigenvalue weighted by Crippen LogP contribution is 2.51. The number of benzene rings is 1. The maximum absolute atomic E-state index is 13.4. The zero-order valence-corrected chi connectivity index (χ0v) is 24.6. The molecular weight excluding hydrogens is 594 g/mol. The number of β-lactam (4-membered cyclic amide) rings is 2. The number of thioether (sulfide) groups is 1. The number of sulfone groups is 1. The first-order valence-corrected chi connectivity index (χ1v) is 15.4. The van der Waals surface area contributed by atoms with Crippen molar-refractivity contribution in [3.8, 4) is 0 Å². The van der Waals surface area contributed by atoms with E-state index in [0.717, 1.165) is 4.90 Å². The van der Waals surface area contributed by atoms with Crippen molar-refractivity contribution in [1.82, 2.24) is 15.1 Å². The van der Waals surface area contributed by atoms with E-state index in [2.05, 4.69) is 5.32 Å². The van der Waals surface area contributed by atoms with Gasteiger partial charge in [0.05, 0.1) is 11.2 Å². The molecule has 4 aliphatic heterocycles. The fraction of sp³-hybridized carbons (Fsp3) is 0.538. The summed E-state index contributed by atoms with van der Waals surface area (Å²) in [5.41, 5.74) is 0.217. The SMILES string of the molecule is CC1(C)S[C@@H]2[C@H](NC(=O)C(C(=O)OCOC(=O)[C@@H]3N4C(=O)C[C@H]4S(=O)(=O)C3(C)C)c3ccccc3)C(=O)N2[C@H]1C(=O)O. The van der Waals surface area contributed by atoms with Gasteiger partial charge in [0.1, 0.15) is 28.9 Å². The maximum atomic E-state index is 13.4. The number of carbonyl (C=O) groups is 6. The third-order valence-corrected chi connectivity index (χ3v) is 12.6. The zero-order valence-electron chi connectivity index (χ0n) is 23.0. The van der Waals surface area contributed by atoms with Crippen molar-refractivity contribution in [2.75, 3.05) is 6.79 Å². The number of rotatable bonds is 8. The number of hydrogen-bond acceptors (Lipinski definition) is 11. The van der Waals surface area contributed by atoms with Crippen LogP contribution in [0.5, 0.6) is 0 Å². The Morgan fingerprint density at radius 1 is 1.05 bits per heavy atom. The molecule has 0 aliphatic carbocycles. The van der Waals surface area contributed by atoms with Gasteiger partial charge in [-0.15, -0.1) is 11.8 Å². The van der Waals surface area contributed by atoms with Gasteiger partial charge in [0.25, 0.3) is 0 Å². The molecule has 42 heavy (non-hydrogen) atoms. The smallest absolute Gasteiger partial charge is 0.333 e. The molecule has 226 valence electrons. The van der Waals surface area contributed by atoms with Crippen molar-refractivity contribution in [3.05, 3.63) is 35.9 Å². The van der Waals surface area contributed by atoms with Crippen LogP contribution in [0.2, 0.25) is 0 Å². The van der Waals surface area contributed by atoms with Gasteiger partial charge in [-0.05, 0) is 33.3 Å². The first-order chi connectivity index (χ1) is 19.5. The summed E-state index contributed by atoms with van der Waals surface area (Å²) in [5, 5.41) is 10.4. The van der Waals surface area contributed by atoms with Crippen molar-refractivity contribution in [2.45, 2.75) is 78.4 Å². The summed E-state index contributed by atoms with van der Waals surface area (Å²) in [6.07, 6.45) is -0.229. The fourth-order valence-electron chi connectivity index (χ4n) is 5.94. The van der Waals surface area contributed by atoms with E-state index in [4.69, 9.17) is 9.47 Å². The van der Waals surface area contributed by atoms with E-state index in [0.29, 0.717) is 0 Å². The van der Waals surface area contributed by atoms with Crippen LogP contribution < -0.4 is 5.32 Å². The highest BCUT2D eigenvalue weighted by Gasteiger charge is 2.68. The van der Waals surface area contributed by atoms with E-state index in [-0.39, 0.29) is 12.0 Å². The van der Waals surface area contributed by atoms with E-state index in [1.54, 1.807) is 32.0 Å². The molecule has 5 rings (SSSR count). The Kier molecular flexibility index (Phi) is 7.08. The molecular formula is C26H29N3O11S2. The number of esters is 2. The van der Waals surface area contributed by atoms with Gasteiger partial charge in [-0.1, -0.05) is 30.3 Å². The molecule has 2 N–H and O–H groups in total. The largest absolute Gasteiger partial charge is 0.480 e. The number of nitrogens with one attached hydrogen (secondary N) is 1. The molecule has 1 aromatic carbocycles. The minimum Gasteiger partial charge on any atom is -0.480 e. The van der Waals surface area contributed by atoms with Gasteiger partial charge >= 0.3 is 17.9 Å². The first-order valence-electron chi connectivity index (χ1n) is 13.0. The van der Waals surface area contributed by atoms with Crippen LogP contribution in [0.15, 0.2) is 30.3 Å². The molecule has 0 radical (unpaired) electrons. The topological polar surface area (TPSA) is 194 Å². The third kappa shape index (κ3) is 4.33. The predicted molar refractivity (Wildman–Crippen MR) is 144 cm³/mol. The van der Waals surface area contributed by atoms with Crippen LogP contribution in [0.25, 0.3) is 0 Å². The molecule has 1 aromatic rings. The number of aliphatic carboxylic acids is 1. The van der Waals surface area contributed by atoms with Gasteiger partial charge in [0, 0.05) is 4.75 Å². The number of fused-ring (bicyclic) bond motifs is 2. The second-order valence-corrected chi connectivity index (χ2v) is 15.9. The van der Waals surface area contributed by atoms with Crippen molar-refractivity contribution in [3.63, 3.8) is 0 Å². The number of nitrogens with zero attached hydrogens (tertiary/aromatic N) is 2. The van der Waals surface area contributed by atoms with E-state index in [1.165, 1.54) is 42.6 Å². The normalized spacial score (nSPS) is 30.2. The predicted octanol–water partition coefficient (Wildman–Crippen LogP) is -0.420. The quantitative estimate of drug-likeness (QED) is 0.165. The number of ether oxygens (including phenoxy) is 2. The Balaban J connectivity index is 1.26. The number of hydrogen-bond donors (Lipinski definition) is 2. The highest BCUT2D eigenvalue weighted by atomic mass is 32.2. The molecule has 4 heterocycles. The standard InChI is InChI=1S/C26H29N3O11S2/c1-25(2)17(22(33)34)29-20(32)16(21(29)41-25)27-19(31)15(12-8-6-5-7-9-12)23(35)39-11-40-24(36)18-26(3,4)42(37,38)14-10-13(30)28(14)18/h5-9,14-18,21H,10-11H2,1-4H3,(H,27,31)(H,33,34)/t14-,15?,16-,17+,18+,21-/m1/s1. The summed E-state index contributed by atoms with van der Waals surface area (Å²) in [4.78, 5) is 78.2. The minimum absolute atomic E-state index is 0.217. The average molecular weight is 624 g/mol. The lowest BCUT2D eigenvalue weighted by Crippen LogP contribution is -2.71. The molecule has 1 unspecified atom stereocenters. The van der Waals surface area contributed by atoms with Crippen LogP contribution in [0, 0.1) is 0 Å². The van der Waals surface area contributed by atoms with Gasteiger partial charge in [-0.3, -0.25) is 19.2 Å². The van der Waals surface area contributed by atoms with Crippen LogP contribution in [-0.2, 0) is 48.1 Å². The lowest BCUT2D eigenvalue weighted by atomic mass is 9.94. The van der Waals surface area contributed by atoms with E-state index < -0.39 is 96.5 Å². The molecule has 4 saturated heterocycles. The molecule has 0 bridgehead atoms. The number of amides is 3. The average Bonchev–Trinajstić information content (AvgIpc) is 3.23. The Morgan fingerprint density at radius 2 is 1.69 bits per heavy atom. The van der Waals surface area contributed by atoms with Gasteiger partial charge in [-0.2, -0.15) is 0 Å². The second kappa shape index (κ2) is 9.97. The molecule has 0 aromatic heterocycles. The summed E-state index contributed by atoms with van der Waals surface area (Å²) in [6, 6.07) is 4.20. The second-order valence-electron chi connectivity index (χ2n) is 11.5. The van der Waals surface area contributed by atoms with Crippen molar-refractivity contribution < 1.29 is 51.8 Å². The first kappa shape index (κ1) is 29.8. The number of carbonyl (C=O) groups excluding carboxylic acids is 5. The van der Waals surface area contributed by atoms with Crippen molar-refractivity contribution in [2.24, 2.45) is 0 Å². The zero-order chi connectivity index (χ0) is 30.9. The number of carboxylic acid groups (broad SMARTS) is 1. The summed E-state index contributed by atoms with van der Waals surface area (Å²) in [6.45, 7) is 5.04. The lowest BCUT2D eigenvalue weighted by molar-refractivity contribution is -0.176. The monoisotopic (exact) mass is 623 g/mol. The number of carboxylic acids is 1. The fourth-order valence-corrected chi connectivity index (χ4v) is 9.69. The van der Waals surface area contributed by atoms with Crippen LogP contribution in [0.4, 0.5) is 0 Å². The van der Waals surface area contributed by atoms with Crippen LogP contribution in [0.1, 0.15) is 45.6 Å². The Morgan fingerprint density at radius 3 is 2.29 bits per heavy atom. The summed E-state index contributed by atoms with van der Waals surface area (Å²) < 4.78 is 33.2. The Hall–Kier alpha value is -3.66. The third-order valence-electron chi connectivity index (χ3n) is 8.20. The minimum atomic E-state index is -3.85. The van der Waals surface area contributed by atoms with Crippen molar-refractivity contribution >= 4 is 57.2 Å². The van der Waals surface area contributed by atoms with Gasteiger partial charge < -0.3 is 29.7 Å². The maximum Gasteiger partial charge on any atom is 0.333 e. The molecule has 16 heteroatoms. The molecule has 0 spiro atoms. The van der Waals surface area contributed by atoms with Crippen LogP contribution in [0.3, 0.4) is 0 Å². The van der Waals surface area contributed by atoms with Gasteiger partial charge in [0.2, 0.25) is 24.5 Å².